The Morgan fingerprint density at radius 1 is 1.10 bits per heavy atom. The number of ether oxygens (including phenoxy) is 1. The van der Waals surface area contributed by atoms with Crippen LogP contribution in [0.15, 0.2) is 47.1 Å². The van der Waals surface area contributed by atoms with Crippen LogP contribution in [0.25, 0.3) is 0 Å². The summed E-state index contributed by atoms with van der Waals surface area (Å²) in [5.41, 5.74) is 4.40. The van der Waals surface area contributed by atoms with Gasteiger partial charge in [0.1, 0.15) is 12.4 Å². The molecular formula is C18H24O3. The molecule has 3 nitrogen and oxygen atoms in total. The van der Waals surface area contributed by atoms with Gasteiger partial charge >= 0.3 is 5.97 Å². The molecule has 0 aromatic heterocycles. The SMILES string of the molecule is CC(C)=C(C)CC/C(C)=C/COc1ccc(C(=O)O)cc1. The van der Waals surface area contributed by atoms with E-state index in [0.717, 1.165) is 12.8 Å². The maximum Gasteiger partial charge on any atom is 0.335 e. The molecule has 1 aromatic carbocycles. The Labute approximate surface area is 127 Å². The minimum absolute atomic E-state index is 0.270. The Kier molecular flexibility index (Phi) is 6.73. The number of hydrogen-bond donors (Lipinski definition) is 1. The molecule has 21 heavy (non-hydrogen) atoms. The van der Waals surface area contributed by atoms with Crippen LogP contribution < -0.4 is 4.74 Å². The average Bonchev–Trinajstić information content (AvgIpc) is 2.45. The van der Waals surface area contributed by atoms with Crippen LogP contribution in [0.2, 0.25) is 0 Å². The van der Waals surface area contributed by atoms with E-state index in [-0.39, 0.29) is 5.56 Å². The number of aromatic carboxylic acids is 1. The molecule has 0 aliphatic carbocycles. The van der Waals surface area contributed by atoms with Gasteiger partial charge in [-0.2, -0.15) is 0 Å². The minimum Gasteiger partial charge on any atom is -0.490 e. The number of rotatable bonds is 7. The van der Waals surface area contributed by atoms with Gasteiger partial charge in [-0.25, -0.2) is 4.79 Å². The van der Waals surface area contributed by atoms with Crippen LogP contribution in [0.4, 0.5) is 0 Å². The summed E-state index contributed by atoms with van der Waals surface area (Å²) in [6, 6.07) is 6.46. The molecule has 0 saturated carbocycles. The third-order valence-electron chi connectivity index (χ3n) is 3.53. The van der Waals surface area contributed by atoms with E-state index >= 15 is 0 Å². The molecule has 0 unspecified atom stereocenters. The topological polar surface area (TPSA) is 46.5 Å². The predicted octanol–water partition coefficient (Wildman–Crippen LogP) is 4.85. The highest BCUT2D eigenvalue weighted by Gasteiger charge is 2.01. The molecule has 0 saturated heterocycles. The standard InChI is InChI=1S/C18H24O3/c1-13(2)15(4)6-5-14(3)11-12-21-17-9-7-16(8-10-17)18(19)20/h7-11H,5-6,12H2,1-4H3,(H,19,20)/b14-11+. The molecule has 0 bridgehead atoms. The first-order valence-corrected chi connectivity index (χ1v) is 7.15. The Morgan fingerprint density at radius 2 is 1.71 bits per heavy atom. The second-order valence-electron chi connectivity index (χ2n) is 5.47. The van der Waals surface area contributed by atoms with E-state index in [1.54, 1.807) is 24.3 Å². The van der Waals surface area contributed by atoms with Gasteiger partial charge in [-0.3, -0.25) is 0 Å². The summed E-state index contributed by atoms with van der Waals surface area (Å²) in [4.78, 5) is 10.7. The molecule has 0 aliphatic rings. The van der Waals surface area contributed by atoms with Gasteiger partial charge in [-0.15, -0.1) is 0 Å². The molecule has 0 amide bonds. The zero-order valence-electron chi connectivity index (χ0n) is 13.3. The maximum absolute atomic E-state index is 10.7. The van der Waals surface area contributed by atoms with E-state index in [9.17, 15) is 4.79 Å². The molecular weight excluding hydrogens is 264 g/mol. The highest BCUT2D eigenvalue weighted by atomic mass is 16.5. The first-order chi connectivity index (χ1) is 9.90. The zero-order valence-corrected chi connectivity index (χ0v) is 13.3. The minimum atomic E-state index is -0.924. The van der Waals surface area contributed by atoms with Crippen LogP contribution in [0.5, 0.6) is 5.75 Å². The van der Waals surface area contributed by atoms with Crippen molar-refractivity contribution in [1.29, 1.82) is 0 Å². The van der Waals surface area contributed by atoms with Crippen molar-refractivity contribution in [2.24, 2.45) is 0 Å². The Bertz CT molecular complexity index is 532. The lowest BCUT2D eigenvalue weighted by atomic mass is 10.0. The lowest BCUT2D eigenvalue weighted by Crippen LogP contribution is -1.98. The van der Waals surface area contributed by atoms with E-state index in [1.807, 2.05) is 0 Å². The lowest BCUT2D eigenvalue weighted by molar-refractivity contribution is 0.0697. The van der Waals surface area contributed by atoms with Gasteiger partial charge < -0.3 is 9.84 Å². The van der Waals surface area contributed by atoms with Crippen molar-refractivity contribution in [3.8, 4) is 5.75 Å². The molecule has 1 N–H and O–H groups in total. The molecule has 3 heteroatoms. The Hall–Kier alpha value is -2.03. The van der Waals surface area contributed by atoms with Crippen LogP contribution in [-0.4, -0.2) is 17.7 Å². The maximum atomic E-state index is 10.7. The van der Waals surface area contributed by atoms with Crippen molar-refractivity contribution in [3.63, 3.8) is 0 Å². The molecule has 114 valence electrons. The number of allylic oxidation sites excluding steroid dienone is 3. The highest BCUT2D eigenvalue weighted by Crippen LogP contribution is 2.15. The summed E-state index contributed by atoms with van der Waals surface area (Å²) in [6.07, 6.45) is 4.19. The van der Waals surface area contributed by atoms with E-state index in [4.69, 9.17) is 9.84 Å². The largest absolute Gasteiger partial charge is 0.490 e. The molecule has 0 atom stereocenters. The number of benzene rings is 1. The number of carboxylic acid groups (broad SMARTS) is 1. The third-order valence-corrected chi connectivity index (χ3v) is 3.53. The van der Waals surface area contributed by atoms with Crippen molar-refractivity contribution in [3.05, 3.63) is 52.6 Å². The summed E-state index contributed by atoms with van der Waals surface area (Å²) in [5.74, 6) is -0.239. The quantitative estimate of drug-likeness (QED) is 0.730. The van der Waals surface area contributed by atoms with Gasteiger partial charge in [-0.05, 0) is 70.9 Å². The fourth-order valence-electron chi connectivity index (χ4n) is 1.71. The normalized spacial score (nSPS) is 11.1. The van der Waals surface area contributed by atoms with E-state index in [0.29, 0.717) is 12.4 Å². The molecule has 1 aromatic rings. The van der Waals surface area contributed by atoms with Crippen molar-refractivity contribution >= 4 is 5.97 Å². The van der Waals surface area contributed by atoms with Crippen LogP contribution in [-0.2, 0) is 0 Å². The van der Waals surface area contributed by atoms with Crippen molar-refractivity contribution in [2.75, 3.05) is 6.61 Å². The number of hydrogen-bond acceptors (Lipinski definition) is 2. The second kappa shape index (κ2) is 8.30. The van der Waals surface area contributed by atoms with Gasteiger partial charge in [0.15, 0.2) is 0 Å². The van der Waals surface area contributed by atoms with E-state index < -0.39 is 5.97 Å². The highest BCUT2D eigenvalue weighted by molar-refractivity contribution is 5.87. The number of carbonyl (C=O) groups is 1. The monoisotopic (exact) mass is 288 g/mol. The molecule has 0 heterocycles. The predicted molar refractivity (Wildman–Crippen MR) is 85.9 cm³/mol. The fourth-order valence-corrected chi connectivity index (χ4v) is 1.71. The first kappa shape index (κ1) is 17.0. The van der Waals surface area contributed by atoms with Gasteiger partial charge in [-0.1, -0.05) is 16.7 Å². The van der Waals surface area contributed by atoms with Gasteiger partial charge in [0.2, 0.25) is 0 Å². The Balaban J connectivity index is 2.43. The Morgan fingerprint density at radius 3 is 2.24 bits per heavy atom. The summed E-state index contributed by atoms with van der Waals surface area (Å²) in [6.45, 7) is 9.06. The van der Waals surface area contributed by atoms with Crippen LogP contribution in [0, 0.1) is 0 Å². The summed E-state index contributed by atoms with van der Waals surface area (Å²) in [7, 11) is 0. The first-order valence-electron chi connectivity index (χ1n) is 7.15. The molecule has 0 fully saturated rings. The summed E-state index contributed by atoms with van der Waals surface area (Å²) >= 11 is 0. The van der Waals surface area contributed by atoms with E-state index in [2.05, 4.69) is 33.8 Å². The lowest BCUT2D eigenvalue weighted by Gasteiger charge is -2.06. The van der Waals surface area contributed by atoms with E-state index in [1.165, 1.54) is 16.7 Å². The van der Waals surface area contributed by atoms with Crippen molar-refractivity contribution in [1.82, 2.24) is 0 Å². The zero-order chi connectivity index (χ0) is 15.8. The van der Waals surface area contributed by atoms with Crippen LogP contribution in [0.1, 0.15) is 50.9 Å². The molecule has 1 rings (SSSR count). The van der Waals surface area contributed by atoms with Gasteiger partial charge in [0.25, 0.3) is 0 Å². The second-order valence-corrected chi connectivity index (χ2v) is 5.47. The van der Waals surface area contributed by atoms with Crippen molar-refractivity contribution < 1.29 is 14.6 Å². The average molecular weight is 288 g/mol. The van der Waals surface area contributed by atoms with Crippen LogP contribution in [0.3, 0.4) is 0 Å². The molecule has 0 spiro atoms. The summed E-state index contributed by atoms with van der Waals surface area (Å²) in [5, 5.41) is 8.81. The smallest absolute Gasteiger partial charge is 0.335 e. The van der Waals surface area contributed by atoms with Crippen LogP contribution >= 0.6 is 0 Å². The van der Waals surface area contributed by atoms with Crippen molar-refractivity contribution in [2.45, 2.75) is 40.5 Å². The molecule has 0 radical (unpaired) electrons. The van der Waals surface area contributed by atoms with Gasteiger partial charge in [0.05, 0.1) is 5.56 Å². The third kappa shape index (κ3) is 6.30. The fraction of sp³-hybridized carbons (Fsp3) is 0.389. The summed E-state index contributed by atoms with van der Waals surface area (Å²) < 4.78 is 5.58. The molecule has 0 aliphatic heterocycles. The number of carboxylic acids is 1. The van der Waals surface area contributed by atoms with Gasteiger partial charge in [0, 0.05) is 0 Å².